The highest BCUT2D eigenvalue weighted by molar-refractivity contribution is 9.10. The van der Waals surface area contributed by atoms with Crippen LogP contribution in [-0.2, 0) is 0 Å². The summed E-state index contributed by atoms with van der Waals surface area (Å²) in [5.41, 5.74) is 0.878. The second-order valence-electron chi connectivity index (χ2n) is 4.54. The average molecular weight is 330 g/mol. The van der Waals surface area contributed by atoms with Gasteiger partial charge in [-0.05, 0) is 37.0 Å². The van der Waals surface area contributed by atoms with Crippen LogP contribution in [0.2, 0.25) is 0 Å². The van der Waals surface area contributed by atoms with E-state index in [-0.39, 0.29) is 12.2 Å². The molecule has 0 aliphatic carbocycles. The third-order valence-electron chi connectivity index (χ3n) is 3.03. The van der Waals surface area contributed by atoms with Crippen LogP contribution in [0.4, 0.5) is 5.69 Å². The van der Waals surface area contributed by atoms with Gasteiger partial charge in [0.2, 0.25) is 0 Å². The van der Waals surface area contributed by atoms with E-state index in [2.05, 4.69) is 28.2 Å². The Bertz CT molecular complexity index is 417. The number of halogens is 1. The molecule has 1 aromatic rings. The first-order valence-corrected chi connectivity index (χ1v) is 7.25. The molecule has 106 valence electrons. The molecule has 3 N–H and O–H groups in total. The molecule has 0 aromatic heterocycles. The number of hydrogen-bond acceptors (Lipinski definition) is 3. The highest BCUT2D eigenvalue weighted by atomic mass is 79.9. The van der Waals surface area contributed by atoms with Crippen LogP contribution in [-0.4, -0.2) is 29.3 Å². The number of aliphatic hydroxyl groups excluding tert-OH is 1. The van der Waals surface area contributed by atoms with Crippen LogP contribution in [0.25, 0.3) is 0 Å². The van der Waals surface area contributed by atoms with Gasteiger partial charge in [0.15, 0.2) is 0 Å². The van der Waals surface area contributed by atoms with Gasteiger partial charge in [0.05, 0.1) is 5.56 Å². The summed E-state index contributed by atoms with van der Waals surface area (Å²) in [4.78, 5) is 11.2. The molecule has 0 spiro atoms. The monoisotopic (exact) mass is 329 g/mol. The van der Waals surface area contributed by atoms with Crippen molar-refractivity contribution in [3.05, 3.63) is 28.2 Å². The molecule has 1 aromatic carbocycles. The molecule has 0 heterocycles. The van der Waals surface area contributed by atoms with Crippen LogP contribution in [0, 0.1) is 5.92 Å². The van der Waals surface area contributed by atoms with E-state index in [1.807, 2.05) is 6.07 Å². The average Bonchev–Trinajstić information content (AvgIpc) is 2.37. The first kappa shape index (κ1) is 16.0. The van der Waals surface area contributed by atoms with Crippen molar-refractivity contribution in [1.82, 2.24) is 0 Å². The van der Waals surface area contributed by atoms with E-state index in [4.69, 9.17) is 10.2 Å². The zero-order chi connectivity index (χ0) is 14.3. The predicted molar refractivity (Wildman–Crippen MR) is 79.7 cm³/mol. The maximum absolute atomic E-state index is 11.2. The molecule has 1 rings (SSSR count). The quantitative estimate of drug-likeness (QED) is 0.684. The van der Waals surface area contributed by atoms with E-state index in [9.17, 15) is 4.79 Å². The highest BCUT2D eigenvalue weighted by Gasteiger charge is 2.12. The standard InChI is InChI=1S/C14H20BrNO3/c1-2-3-10(6-7-17)9-16-13-5-4-11(15)8-12(13)14(18)19/h4-5,8,10,16-17H,2-3,6-7,9H2,1H3,(H,18,19). The number of anilines is 1. The first-order valence-electron chi connectivity index (χ1n) is 6.46. The van der Waals surface area contributed by atoms with Crippen molar-refractivity contribution in [3.63, 3.8) is 0 Å². The number of carbonyl (C=O) groups is 1. The fourth-order valence-electron chi connectivity index (χ4n) is 2.04. The van der Waals surface area contributed by atoms with Crippen LogP contribution < -0.4 is 5.32 Å². The van der Waals surface area contributed by atoms with Crippen molar-refractivity contribution in [2.75, 3.05) is 18.5 Å². The topological polar surface area (TPSA) is 69.6 Å². The van der Waals surface area contributed by atoms with E-state index in [1.165, 1.54) is 0 Å². The van der Waals surface area contributed by atoms with E-state index < -0.39 is 5.97 Å². The van der Waals surface area contributed by atoms with E-state index in [0.29, 0.717) is 18.2 Å². The molecular weight excluding hydrogens is 310 g/mol. The Morgan fingerprint density at radius 1 is 1.42 bits per heavy atom. The zero-order valence-electron chi connectivity index (χ0n) is 11.0. The van der Waals surface area contributed by atoms with Gasteiger partial charge in [-0.2, -0.15) is 0 Å². The summed E-state index contributed by atoms with van der Waals surface area (Å²) >= 11 is 3.27. The Kier molecular flexibility index (Phi) is 6.87. The largest absolute Gasteiger partial charge is 0.478 e. The maximum atomic E-state index is 11.2. The van der Waals surface area contributed by atoms with Crippen molar-refractivity contribution in [2.45, 2.75) is 26.2 Å². The molecule has 0 fully saturated rings. The Morgan fingerprint density at radius 3 is 2.74 bits per heavy atom. The summed E-state index contributed by atoms with van der Waals surface area (Å²) in [5.74, 6) is -0.585. The Labute approximate surface area is 122 Å². The number of carboxylic acid groups (broad SMARTS) is 1. The molecule has 0 aliphatic rings. The Morgan fingerprint density at radius 2 is 2.16 bits per heavy atom. The molecule has 5 heteroatoms. The van der Waals surface area contributed by atoms with Gasteiger partial charge in [-0.25, -0.2) is 4.79 Å². The van der Waals surface area contributed by atoms with Gasteiger partial charge in [-0.3, -0.25) is 0 Å². The van der Waals surface area contributed by atoms with Gasteiger partial charge in [0.1, 0.15) is 0 Å². The molecule has 0 bridgehead atoms. The highest BCUT2D eigenvalue weighted by Crippen LogP contribution is 2.22. The summed E-state index contributed by atoms with van der Waals surface area (Å²) in [6.45, 7) is 2.95. The van der Waals surface area contributed by atoms with Crippen molar-refractivity contribution in [3.8, 4) is 0 Å². The normalized spacial score (nSPS) is 12.2. The second-order valence-corrected chi connectivity index (χ2v) is 5.46. The van der Waals surface area contributed by atoms with Crippen molar-refractivity contribution in [1.29, 1.82) is 0 Å². The van der Waals surface area contributed by atoms with Crippen LogP contribution >= 0.6 is 15.9 Å². The number of aromatic carboxylic acids is 1. The third-order valence-corrected chi connectivity index (χ3v) is 3.52. The molecule has 1 unspecified atom stereocenters. The van der Waals surface area contributed by atoms with E-state index >= 15 is 0 Å². The lowest BCUT2D eigenvalue weighted by atomic mass is 10.00. The summed E-state index contributed by atoms with van der Waals surface area (Å²) in [6, 6.07) is 5.16. The van der Waals surface area contributed by atoms with Crippen LogP contribution in [0.15, 0.2) is 22.7 Å². The smallest absolute Gasteiger partial charge is 0.337 e. The van der Waals surface area contributed by atoms with Gasteiger partial charge in [0, 0.05) is 23.3 Å². The molecule has 19 heavy (non-hydrogen) atoms. The lowest BCUT2D eigenvalue weighted by molar-refractivity contribution is 0.0698. The maximum Gasteiger partial charge on any atom is 0.337 e. The number of benzene rings is 1. The third kappa shape index (κ3) is 5.20. The van der Waals surface area contributed by atoms with Crippen LogP contribution in [0.5, 0.6) is 0 Å². The minimum Gasteiger partial charge on any atom is -0.478 e. The molecule has 0 aliphatic heterocycles. The molecule has 0 radical (unpaired) electrons. The van der Waals surface area contributed by atoms with Gasteiger partial charge in [-0.1, -0.05) is 29.3 Å². The number of rotatable bonds is 8. The van der Waals surface area contributed by atoms with Crippen LogP contribution in [0.3, 0.4) is 0 Å². The molecule has 0 amide bonds. The van der Waals surface area contributed by atoms with Gasteiger partial charge >= 0.3 is 5.97 Å². The minimum atomic E-state index is -0.946. The Balaban J connectivity index is 2.73. The molecule has 1 atom stereocenters. The fourth-order valence-corrected chi connectivity index (χ4v) is 2.40. The minimum absolute atomic E-state index is 0.165. The molecule has 0 saturated carbocycles. The van der Waals surface area contributed by atoms with Crippen molar-refractivity contribution < 1.29 is 15.0 Å². The Hall–Kier alpha value is -1.07. The summed E-state index contributed by atoms with van der Waals surface area (Å²) in [7, 11) is 0. The number of carboxylic acids is 1. The molecule has 4 nitrogen and oxygen atoms in total. The lowest BCUT2D eigenvalue weighted by Gasteiger charge is -2.17. The number of aliphatic hydroxyl groups is 1. The van der Waals surface area contributed by atoms with Gasteiger partial charge in [-0.15, -0.1) is 0 Å². The summed E-state index contributed by atoms with van der Waals surface area (Å²) < 4.78 is 0.746. The predicted octanol–water partition coefficient (Wildman–Crippen LogP) is 3.36. The summed E-state index contributed by atoms with van der Waals surface area (Å²) in [5, 5.41) is 21.4. The molecular formula is C14H20BrNO3. The van der Waals surface area contributed by atoms with Crippen LogP contribution in [0.1, 0.15) is 36.5 Å². The van der Waals surface area contributed by atoms with Gasteiger partial charge in [0.25, 0.3) is 0 Å². The zero-order valence-corrected chi connectivity index (χ0v) is 12.6. The summed E-state index contributed by atoms with van der Waals surface area (Å²) in [6.07, 6.45) is 2.81. The fraction of sp³-hybridized carbons (Fsp3) is 0.500. The van der Waals surface area contributed by atoms with Crippen molar-refractivity contribution in [2.24, 2.45) is 5.92 Å². The van der Waals surface area contributed by atoms with E-state index in [0.717, 1.165) is 23.7 Å². The second kappa shape index (κ2) is 8.17. The number of nitrogens with one attached hydrogen (secondary N) is 1. The number of hydrogen-bond donors (Lipinski definition) is 3. The van der Waals surface area contributed by atoms with E-state index in [1.54, 1.807) is 12.1 Å². The molecule has 0 saturated heterocycles. The SMILES string of the molecule is CCCC(CCO)CNc1ccc(Br)cc1C(=O)O. The first-order chi connectivity index (χ1) is 9.08. The lowest BCUT2D eigenvalue weighted by Crippen LogP contribution is -2.17. The van der Waals surface area contributed by atoms with Gasteiger partial charge < -0.3 is 15.5 Å². The van der Waals surface area contributed by atoms with Crippen molar-refractivity contribution >= 4 is 27.6 Å².